The van der Waals surface area contributed by atoms with Crippen molar-refractivity contribution >= 4 is 17.5 Å². The lowest BCUT2D eigenvalue weighted by Crippen LogP contribution is -2.28. The van der Waals surface area contributed by atoms with Gasteiger partial charge < -0.3 is 9.88 Å². The largest absolute Gasteiger partial charge is 0.345 e. The van der Waals surface area contributed by atoms with Crippen molar-refractivity contribution in [2.45, 2.75) is 0 Å². The summed E-state index contributed by atoms with van der Waals surface area (Å²) in [5, 5.41) is 0.340. The van der Waals surface area contributed by atoms with E-state index in [0.717, 1.165) is 5.56 Å². The summed E-state index contributed by atoms with van der Waals surface area (Å²) in [6, 6.07) is 6.54. The van der Waals surface area contributed by atoms with E-state index in [4.69, 9.17) is 11.6 Å². The topological polar surface area (TPSA) is 66.1 Å². The number of rotatable bonds is 2. The van der Waals surface area contributed by atoms with Crippen LogP contribution in [0.2, 0.25) is 5.15 Å². The van der Waals surface area contributed by atoms with E-state index in [1.807, 2.05) is 0 Å². The molecule has 2 aromatic rings. The van der Waals surface area contributed by atoms with Gasteiger partial charge in [-0.25, -0.2) is 4.98 Å². The monoisotopic (exact) mass is 277 g/mol. The number of hydrogen-bond acceptors (Lipinski definition) is 3. The van der Waals surface area contributed by atoms with Crippen LogP contribution in [0.25, 0.3) is 11.3 Å². The van der Waals surface area contributed by atoms with Crippen molar-refractivity contribution in [2.24, 2.45) is 0 Å². The van der Waals surface area contributed by atoms with Crippen LogP contribution in [0.5, 0.6) is 0 Å². The molecule has 0 aliphatic carbocycles. The molecule has 0 aliphatic heterocycles. The standard InChI is InChI=1S/C13H12ClN3O2/c1-17(2)13(19)9-3-4-10(16-12(9)18)8-5-6-15-11(14)7-8/h3-7H,1-2H3,(H,16,18). The maximum atomic E-state index is 11.9. The van der Waals surface area contributed by atoms with Crippen LogP contribution in [0.3, 0.4) is 0 Å². The highest BCUT2D eigenvalue weighted by atomic mass is 35.5. The summed E-state index contributed by atoms with van der Waals surface area (Å²) < 4.78 is 0. The summed E-state index contributed by atoms with van der Waals surface area (Å²) >= 11 is 5.79. The molecule has 1 N–H and O–H groups in total. The minimum absolute atomic E-state index is 0.105. The van der Waals surface area contributed by atoms with Crippen LogP contribution in [0.4, 0.5) is 0 Å². The number of carbonyl (C=O) groups excluding carboxylic acids is 1. The number of hydrogen-bond donors (Lipinski definition) is 1. The minimum Gasteiger partial charge on any atom is -0.345 e. The van der Waals surface area contributed by atoms with Crippen LogP contribution in [0.1, 0.15) is 10.4 Å². The molecule has 0 radical (unpaired) electrons. The molecule has 6 heteroatoms. The van der Waals surface area contributed by atoms with Crippen molar-refractivity contribution in [3.63, 3.8) is 0 Å². The fourth-order valence-corrected chi connectivity index (χ4v) is 1.80. The van der Waals surface area contributed by atoms with Crippen molar-refractivity contribution in [1.29, 1.82) is 0 Å². The van der Waals surface area contributed by atoms with Gasteiger partial charge in [0.1, 0.15) is 10.7 Å². The first kappa shape index (κ1) is 13.3. The Morgan fingerprint density at radius 1 is 1.32 bits per heavy atom. The fraction of sp³-hybridized carbons (Fsp3) is 0.154. The summed E-state index contributed by atoms with van der Waals surface area (Å²) in [6.45, 7) is 0. The van der Waals surface area contributed by atoms with E-state index < -0.39 is 5.56 Å². The van der Waals surface area contributed by atoms with Gasteiger partial charge in [-0.1, -0.05) is 11.6 Å². The first-order valence-electron chi connectivity index (χ1n) is 5.56. The summed E-state index contributed by atoms with van der Waals surface area (Å²) in [7, 11) is 3.19. The third-order valence-electron chi connectivity index (χ3n) is 2.58. The van der Waals surface area contributed by atoms with E-state index in [0.29, 0.717) is 10.8 Å². The normalized spacial score (nSPS) is 10.3. The number of aromatic nitrogens is 2. The third kappa shape index (κ3) is 2.82. The molecular formula is C13H12ClN3O2. The fourth-order valence-electron chi connectivity index (χ4n) is 1.62. The maximum absolute atomic E-state index is 11.9. The van der Waals surface area contributed by atoms with E-state index in [1.54, 1.807) is 38.5 Å². The number of pyridine rings is 2. The predicted molar refractivity (Wildman–Crippen MR) is 73.3 cm³/mol. The van der Waals surface area contributed by atoms with Gasteiger partial charge in [0.05, 0.1) is 0 Å². The smallest absolute Gasteiger partial charge is 0.261 e. The zero-order chi connectivity index (χ0) is 14.0. The predicted octanol–water partition coefficient (Wildman–Crippen LogP) is 1.79. The SMILES string of the molecule is CN(C)C(=O)c1ccc(-c2ccnc(Cl)c2)[nH]c1=O. The Bertz CT molecular complexity index is 680. The van der Waals surface area contributed by atoms with Gasteiger partial charge in [0, 0.05) is 31.5 Å². The number of carbonyl (C=O) groups is 1. The molecule has 0 atom stereocenters. The van der Waals surface area contributed by atoms with Crippen LogP contribution < -0.4 is 5.56 Å². The number of amides is 1. The Kier molecular flexibility index (Phi) is 3.66. The van der Waals surface area contributed by atoms with Crippen LogP contribution >= 0.6 is 11.6 Å². The van der Waals surface area contributed by atoms with E-state index in [9.17, 15) is 9.59 Å². The van der Waals surface area contributed by atoms with Gasteiger partial charge in [-0.3, -0.25) is 9.59 Å². The second-order valence-electron chi connectivity index (χ2n) is 4.18. The molecule has 98 valence electrons. The molecular weight excluding hydrogens is 266 g/mol. The second kappa shape index (κ2) is 5.24. The van der Waals surface area contributed by atoms with Crippen molar-refractivity contribution < 1.29 is 4.79 Å². The zero-order valence-electron chi connectivity index (χ0n) is 10.5. The Labute approximate surface area is 114 Å². The molecule has 2 heterocycles. The highest BCUT2D eigenvalue weighted by Crippen LogP contribution is 2.18. The molecule has 0 saturated heterocycles. The second-order valence-corrected chi connectivity index (χ2v) is 4.57. The van der Waals surface area contributed by atoms with Crippen LogP contribution in [-0.4, -0.2) is 34.9 Å². The molecule has 0 fully saturated rings. The number of halogens is 1. The van der Waals surface area contributed by atoms with Gasteiger partial charge in [0.15, 0.2) is 0 Å². The van der Waals surface area contributed by atoms with Crippen LogP contribution in [-0.2, 0) is 0 Å². The Morgan fingerprint density at radius 3 is 2.63 bits per heavy atom. The first-order valence-corrected chi connectivity index (χ1v) is 5.94. The highest BCUT2D eigenvalue weighted by molar-refractivity contribution is 6.29. The molecule has 5 nitrogen and oxygen atoms in total. The zero-order valence-corrected chi connectivity index (χ0v) is 11.2. The van der Waals surface area contributed by atoms with Crippen LogP contribution in [0, 0.1) is 0 Å². The number of H-pyrrole nitrogens is 1. The molecule has 0 aliphatic rings. The highest BCUT2D eigenvalue weighted by Gasteiger charge is 2.13. The van der Waals surface area contributed by atoms with E-state index in [-0.39, 0.29) is 11.5 Å². The quantitative estimate of drug-likeness (QED) is 0.851. The molecule has 2 aromatic heterocycles. The Hall–Kier alpha value is -2.14. The summed E-state index contributed by atoms with van der Waals surface area (Å²) in [6.07, 6.45) is 1.55. The van der Waals surface area contributed by atoms with Crippen molar-refractivity contribution in [3.05, 3.63) is 51.5 Å². The first-order chi connectivity index (χ1) is 8.99. The third-order valence-corrected chi connectivity index (χ3v) is 2.79. The molecule has 0 unspecified atom stereocenters. The van der Waals surface area contributed by atoms with Crippen molar-refractivity contribution in [1.82, 2.24) is 14.9 Å². The van der Waals surface area contributed by atoms with Gasteiger partial charge in [0.2, 0.25) is 0 Å². The van der Waals surface area contributed by atoms with E-state index >= 15 is 0 Å². The lowest BCUT2D eigenvalue weighted by molar-refractivity contribution is 0.0826. The van der Waals surface area contributed by atoms with Gasteiger partial charge in [-0.05, 0) is 24.3 Å². The lowest BCUT2D eigenvalue weighted by Gasteiger charge is -2.10. The van der Waals surface area contributed by atoms with Crippen molar-refractivity contribution in [2.75, 3.05) is 14.1 Å². The summed E-state index contributed by atoms with van der Waals surface area (Å²) in [5.41, 5.74) is 1.00. The van der Waals surface area contributed by atoms with E-state index in [1.165, 1.54) is 11.0 Å². The van der Waals surface area contributed by atoms with Gasteiger partial charge in [0.25, 0.3) is 11.5 Å². The van der Waals surface area contributed by atoms with Crippen molar-refractivity contribution in [3.8, 4) is 11.3 Å². The lowest BCUT2D eigenvalue weighted by atomic mass is 10.1. The summed E-state index contributed by atoms with van der Waals surface area (Å²) in [4.78, 5) is 31.5. The number of nitrogens with one attached hydrogen (secondary N) is 1. The summed E-state index contributed by atoms with van der Waals surface area (Å²) in [5.74, 6) is -0.333. The molecule has 1 amide bonds. The molecule has 2 rings (SSSR count). The Morgan fingerprint density at radius 2 is 2.05 bits per heavy atom. The van der Waals surface area contributed by atoms with Gasteiger partial charge in [-0.15, -0.1) is 0 Å². The molecule has 0 bridgehead atoms. The van der Waals surface area contributed by atoms with Crippen LogP contribution in [0.15, 0.2) is 35.3 Å². The number of aromatic amines is 1. The average Bonchev–Trinajstić information content (AvgIpc) is 2.37. The maximum Gasteiger partial charge on any atom is 0.261 e. The minimum atomic E-state index is -0.427. The number of nitrogens with zero attached hydrogens (tertiary/aromatic N) is 2. The molecule has 0 saturated carbocycles. The molecule has 0 spiro atoms. The van der Waals surface area contributed by atoms with Gasteiger partial charge in [-0.2, -0.15) is 0 Å². The molecule has 0 aromatic carbocycles. The van der Waals surface area contributed by atoms with E-state index in [2.05, 4.69) is 9.97 Å². The Balaban J connectivity index is 2.45. The average molecular weight is 278 g/mol. The molecule has 19 heavy (non-hydrogen) atoms. The van der Waals surface area contributed by atoms with Gasteiger partial charge >= 0.3 is 0 Å².